The predicted octanol–water partition coefficient (Wildman–Crippen LogP) is 1.54. The second-order valence-corrected chi connectivity index (χ2v) is 3.68. The van der Waals surface area contributed by atoms with Crippen molar-refractivity contribution in [2.75, 3.05) is 14.2 Å². The predicted molar refractivity (Wildman–Crippen MR) is 62.3 cm³/mol. The maximum Gasteiger partial charge on any atom is 0.183 e. The van der Waals surface area contributed by atoms with Crippen molar-refractivity contribution in [2.24, 2.45) is 5.73 Å². The molecular weight excluding hydrogens is 206 g/mol. The minimum absolute atomic E-state index is 0.154. The van der Waals surface area contributed by atoms with Crippen LogP contribution in [0.15, 0.2) is 12.1 Å². The number of ether oxygens (including phenoxy) is 2. The summed E-state index contributed by atoms with van der Waals surface area (Å²) < 4.78 is 10.3. The van der Waals surface area contributed by atoms with E-state index in [0.29, 0.717) is 17.1 Å². The van der Waals surface area contributed by atoms with Gasteiger partial charge in [-0.05, 0) is 31.5 Å². The van der Waals surface area contributed by atoms with Gasteiger partial charge in [0.25, 0.3) is 0 Å². The fraction of sp³-hybridized carbons (Fsp3) is 0.417. The fourth-order valence-electron chi connectivity index (χ4n) is 1.56. The standard InChI is InChI=1S/C12H17NO3/c1-7-5-9(15-3)6-10(12(7)16-4)11(14)8(2)13/h5-6,8H,13H2,1-4H3. The molecule has 4 heteroatoms. The highest BCUT2D eigenvalue weighted by atomic mass is 16.5. The smallest absolute Gasteiger partial charge is 0.183 e. The van der Waals surface area contributed by atoms with Crippen LogP contribution in [0.4, 0.5) is 0 Å². The average Bonchev–Trinajstić information content (AvgIpc) is 2.26. The van der Waals surface area contributed by atoms with Gasteiger partial charge in [-0.2, -0.15) is 0 Å². The summed E-state index contributed by atoms with van der Waals surface area (Å²) in [6, 6.07) is 2.91. The lowest BCUT2D eigenvalue weighted by molar-refractivity contribution is 0.0964. The maximum atomic E-state index is 11.9. The van der Waals surface area contributed by atoms with E-state index >= 15 is 0 Å². The Morgan fingerprint density at radius 2 is 1.94 bits per heavy atom. The van der Waals surface area contributed by atoms with E-state index in [2.05, 4.69) is 0 Å². The first-order valence-corrected chi connectivity index (χ1v) is 5.03. The molecule has 1 aromatic carbocycles. The largest absolute Gasteiger partial charge is 0.497 e. The zero-order chi connectivity index (χ0) is 12.3. The Kier molecular flexibility index (Phi) is 3.90. The monoisotopic (exact) mass is 223 g/mol. The first-order chi connectivity index (χ1) is 7.51. The van der Waals surface area contributed by atoms with E-state index in [1.54, 1.807) is 20.1 Å². The molecule has 88 valence electrons. The molecule has 0 aliphatic heterocycles. The summed E-state index contributed by atoms with van der Waals surface area (Å²) in [7, 11) is 3.09. The van der Waals surface area contributed by atoms with Gasteiger partial charge < -0.3 is 15.2 Å². The molecule has 2 N–H and O–H groups in total. The zero-order valence-corrected chi connectivity index (χ0v) is 10.0. The molecule has 0 saturated heterocycles. The third-order valence-electron chi connectivity index (χ3n) is 2.37. The van der Waals surface area contributed by atoms with Crippen LogP contribution in [0.3, 0.4) is 0 Å². The van der Waals surface area contributed by atoms with Gasteiger partial charge in [-0.25, -0.2) is 0 Å². The molecule has 4 nitrogen and oxygen atoms in total. The van der Waals surface area contributed by atoms with Crippen molar-refractivity contribution in [2.45, 2.75) is 19.9 Å². The number of Topliss-reactive ketones (excluding diaryl/α,β-unsaturated/α-hetero) is 1. The molecule has 0 spiro atoms. The summed E-state index contributed by atoms with van der Waals surface area (Å²) in [6.07, 6.45) is 0. The first kappa shape index (κ1) is 12.5. The minimum atomic E-state index is -0.555. The van der Waals surface area contributed by atoms with Crippen molar-refractivity contribution >= 4 is 5.78 Å². The number of rotatable bonds is 4. The fourth-order valence-corrected chi connectivity index (χ4v) is 1.56. The summed E-state index contributed by atoms with van der Waals surface area (Å²) in [5, 5.41) is 0. The molecule has 0 fully saturated rings. The highest BCUT2D eigenvalue weighted by Crippen LogP contribution is 2.29. The lowest BCUT2D eigenvalue weighted by Crippen LogP contribution is -2.27. The number of benzene rings is 1. The molecule has 0 saturated carbocycles. The van der Waals surface area contributed by atoms with Crippen LogP contribution in [-0.4, -0.2) is 26.0 Å². The lowest BCUT2D eigenvalue weighted by atomic mass is 10.0. The molecule has 1 atom stereocenters. The van der Waals surface area contributed by atoms with Crippen LogP contribution in [0, 0.1) is 6.92 Å². The number of aryl methyl sites for hydroxylation is 1. The highest BCUT2D eigenvalue weighted by molar-refractivity contribution is 6.02. The van der Waals surface area contributed by atoms with Crippen LogP contribution < -0.4 is 15.2 Å². The number of carbonyl (C=O) groups is 1. The van der Waals surface area contributed by atoms with Gasteiger partial charge in [-0.1, -0.05) is 0 Å². The molecule has 0 heterocycles. The summed E-state index contributed by atoms with van der Waals surface area (Å²) in [5.74, 6) is 1.03. The Labute approximate surface area is 95.3 Å². The van der Waals surface area contributed by atoms with E-state index in [-0.39, 0.29) is 5.78 Å². The van der Waals surface area contributed by atoms with Gasteiger partial charge in [0.1, 0.15) is 11.5 Å². The van der Waals surface area contributed by atoms with Gasteiger partial charge in [-0.15, -0.1) is 0 Å². The van der Waals surface area contributed by atoms with Gasteiger partial charge in [0.15, 0.2) is 5.78 Å². The van der Waals surface area contributed by atoms with Gasteiger partial charge in [0.05, 0.1) is 25.8 Å². The van der Waals surface area contributed by atoms with Crippen LogP contribution in [0.5, 0.6) is 11.5 Å². The van der Waals surface area contributed by atoms with E-state index in [9.17, 15) is 4.79 Å². The number of ketones is 1. The van der Waals surface area contributed by atoms with Gasteiger partial charge >= 0.3 is 0 Å². The van der Waals surface area contributed by atoms with E-state index in [1.165, 1.54) is 7.11 Å². The average molecular weight is 223 g/mol. The molecule has 0 aliphatic rings. The van der Waals surface area contributed by atoms with Crippen molar-refractivity contribution in [3.63, 3.8) is 0 Å². The highest BCUT2D eigenvalue weighted by Gasteiger charge is 2.19. The quantitative estimate of drug-likeness (QED) is 0.786. The van der Waals surface area contributed by atoms with Crippen LogP contribution in [0.25, 0.3) is 0 Å². The van der Waals surface area contributed by atoms with E-state index in [4.69, 9.17) is 15.2 Å². The summed E-state index contributed by atoms with van der Waals surface area (Å²) >= 11 is 0. The zero-order valence-electron chi connectivity index (χ0n) is 10.0. The molecule has 0 bridgehead atoms. The summed E-state index contributed by atoms with van der Waals surface area (Å²) in [4.78, 5) is 11.9. The number of carbonyl (C=O) groups excluding carboxylic acids is 1. The van der Waals surface area contributed by atoms with E-state index < -0.39 is 6.04 Å². The number of hydrogen-bond donors (Lipinski definition) is 1. The van der Waals surface area contributed by atoms with Crippen LogP contribution in [0.1, 0.15) is 22.8 Å². The van der Waals surface area contributed by atoms with Crippen LogP contribution in [0.2, 0.25) is 0 Å². The second-order valence-electron chi connectivity index (χ2n) is 3.68. The Morgan fingerprint density at radius 1 is 1.31 bits per heavy atom. The first-order valence-electron chi connectivity index (χ1n) is 5.03. The third kappa shape index (κ3) is 2.33. The molecule has 1 aromatic rings. The SMILES string of the molecule is COc1cc(C)c(OC)c(C(=O)C(C)N)c1. The Hall–Kier alpha value is -1.55. The maximum absolute atomic E-state index is 11.9. The second kappa shape index (κ2) is 4.99. The van der Waals surface area contributed by atoms with Gasteiger partial charge in [0, 0.05) is 0 Å². The molecule has 0 aliphatic carbocycles. The number of methoxy groups -OCH3 is 2. The topological polar surface area (TPSA) is 61.5 Å². The van der Waals surface area contributed by atoms with Crippen LogP contribution in [-0.2, 0) is 0 Å². The van der Waals surface area contributed by atoms with Crippen molar-refractivity contribution < 1.29 is 14.3 Å². The molecule has 16 heavy (non-hydrogen) atoms. The number of hydrogen-bond acceptors (Lipinski definition) is 4. The Morgan fingerprint density at radius 3 is 2.38 bits per heavy atom. The van der Waals surface area contributed by atoms with Crippen molar-refractivity contribution in [1.82, 2.24) is 0 Å². The van der Waals surface area contributed by atoms with Crippen molar-refractivity contribution in [3.05, 3.63) is 23.3 Å². The lowest BCUT2D eigenvalue weighted by Gasteiger charge is -2.14. The third-order valence-corrected chi connectivity index (χ3v) is 2.37. The Bertz CT molecular complexity index is 399. The summed E-state index contributed by atoms with van der Waals surface area (Å²) in [6.45, 7) is 3.51. The summed E-state index contributed by atoms with van der Waals surface area (Å²) in [5.41, 5.74) is 6.91. The van der Waals surface area contributed by atoms with Gasteiger partial charge in [-0.3, -0.25) is 4.79 Å². The molecule has 0 amide bonds. The molecule has 0 radical (unpaired) electrons. The minimum Gasteiger partial charge on any atom is -0.497 e. The number of nitrogens with two attached hydrogens (primary N) is 1. The van der Waals surface area contributed by atoms with Crippen molar-refractivity contribution in [3.8, 4) is 11.5 Å². The van der Waals surface area contributed by atoms with Crippen LogP contribution >= 0.6 is 0 Å². The van der Waals surface area contributed by atoms with E-state index in [1.807, 2.05) is 13.0 Å². The normalized spacial score (nSPS) is 12.1. The van der Waals surface area contributed by atoms with E-state index in [0.717, 1.165) is 5.56 Å². The van der Waals surface area contributed by atoms with Gasteiger partial charge in [0.2, 0.25) is 0 Å². The molecule has 1 unspecified atom stereocenters. The Balaban J connectivity index is 3.33. The molecule has 1 rings (SSSR count). The van der Waals surface area contributed by atoms with Crippen molar-refractivity contribution in [1.29, 1.82) is 0 Å². The molecular formula is C12H17NO3. The molecule has 0 aromatic heterocycles.